The molecule has 77 valence electrons. The third-order valence-electron chi connectivity index (χ3n) is 0. The van der Waals surface area contributed by atoms with Crippen molar-refractivity contribution in [3.05, 3.63) is 0 Å². The summed E-state index contributed by atoms with van der Waals surface area (Å²) in [5, 5.41) is 0. The Kier molecular flexibility index (Phi) is 70.6. The van der Waals surface area contributed by atoms with Gasteiger partial charge in [-0.2, -0.15) is 0 Å². The van der Waals surface area contributed by atoms with Crippen LogP contribution in [0.1, 0.15) is 0 Å². The molecular weight excluding hydrogens is 358 g/mol. The average Bonchev–Trinajstić information content (AvgIpc) is 1.54. The van der Waals surface area contributed by atoms with Crippen molar-refractivity contribution in [2.45, 2.75) is 0 Å². The Labute approximate surface area is 116 Å². The Morgan fingerprint density at radius 1 is 0.600 bits per heavy atom. The Balaban J connectivity index is -0.0000000184. The minimum Gasteiger partial charge on any atom is -0.672 e. The van der Waals surface area contributed by atoms with Crippen LogP contribution in [0.5, 0.6) is 0 Å². The van der Waals surface area contributed by atoms with Crippen molar-refractivity contribution < 1.29 is 78.7 Å². The van der Waals surface area contributed by atoms with Crippen molar-refractivity contribution in [3.63, 3.8) is 0 Å². The molecule has 0 aromatic carbocycles. The Hall–Kier alpha value is 0.162. The van der Waals surface area contributed by atoms with Crippen LogP contribution in [0.25, 0.3) is 0 Å². The summed E-state index contributed by atoms with van der Waals surface area (Å²) in [6.07, 6.45) is 0. The SMILES string of the molecule is O=[Si]([O-])[O-].O=[Si]([O-])[O-].O=[Si]([O-])[O-].[Be+2].[Mn+2].[Zn+2]. The third-order valence-corrected chi connectivity index (χ3v) is 0. The number of rotatable bonds is 0. The van der Waals surface area contributed by atoms with Gasteiger partial charge in [-0.3, -0.25) is 0 Å². The molecule has 1 radical (unpaired) electrons. The van der Waals surface area contributed by atoms with E-state index >= 15 is 0 Å². The Bertz CT molecular complexity index is 123. The van der Waals surface area contributed by atoms with E-state index in [0.29, 0.717) is 0 Å². The van der Waals surface area contributed by atoms with Crippen LogP contribution in [-0.2, 0) is 49.9 Å². The molecule has 0 bridgehead atoms. The summed E-state index contributed by atoms with van der Waals surface area (Å²) in [6.45, 7) is 0. The zero-order chi connectivity index (χ0) is 10.7. The van der Waals surface area contributed by atoms with Gasteiger partial charge in [-0.05, 0) is 0 Å². The van der Waals surface area contributed by atoms with Gasteiger partial charge in [-0.15, -0.1) is 0 Å². The van der Waals surface area contributed by atoms with Crippen molar-refractivity contribution in [1.82, 2.24) is 0 Å². The maximum Gasteiger partial charge on any atom is 2.00 e. The summed E-state index contributed by atoms with van der Waals surface area (Å²) < 4.78 is 25.6. The standard InChI is InChI=1S/Be.Mn.3O3Si.Zn/c;;3*1-4(2)3;/q2*+2;3*-2;+2. The first kappa shape index (κ1) is 36.2. The summed E-state index contributed by atoms with van der Waals surface area (Å²) in [7, 11) is -10.9. The second kappa shape index (κ2) is 29.2. The molecule has 0 saturated heterocycles. The van der Waals surface area contributed by atoms with Gasteiger partial charge < -0.3 is 42.2 Å². The molecule has 0 amide bonds. The summed E-state index contributed by atoms with van der Waals surface area (Å²) in [5.41, 5.74) is 0. The molecule has 0 aliphatic heterocycles. The van der Waals surface area contributed by atoms with Gasteiger partial charge in [0.15, 0.2) is 0 Å². The molecule has 0 aliphatic carbocycles. The Morgan fingerprint density at radius 2 is 0.600 bits per heavy atom. The van der Waals surface area contributed by atoms with Gasteiger partial charge in [0.05, 0.1) is 0 Å². The smallest absolute Gasteiger partial charge is 0.672 e. The second-order valence-electron chi connectivity index (χ2n) is 0.750. The third kappa shape index (κ3) is 79500. The average molecular weight is 358 g/mol. The normalized spacial score (nSPS) is 4.80. The van der Waals surface area contributed by atoms with E-state index in [2.05, 4.69) is 0 Å². The quantitative estimate of drug-likeness (QED) is 0.379. The second-order valence-corrected chi connectivity index (χ2v) is 2.25. The molecule has 0 rings (SSSR count). The van der Waals surface area contributed by atoms with E-state index in [1.165, 1.54) is 0 Å². The first-order valence-corrected chi connectivity index (χ1v) is 5.51. The van der Waals surface area contributed by atoms with Crippen LogP contribution in [-0.4, -0.2) is 37.6 Å². The molecule has 0 N–H and O–H groups in total. The first-order valence-electron chi connectivity index (χ1n) is 1.84. The largest absolute Gasteiger partial charge is 2.00 e. The van der Waals surface area contributed by atoms with Gasteiger partial charge in [-0.1, -0.05) is 0 Å². The summed E-state index contributed by atoms with van der Waals surface area (Å²) in [5.74, 6) is 0. The first-order chi connectivity index (χ1) is 5.20. The molecule has 15 heavy (non-hydrogen) atoms. The van der Waals surface area contributed by atoms with Crippen LogP contribution in [0, 0.1) is 0 Å². The predicted octanol–water partition coefficient (Wildman–Crippen LogP) is -9.02. The van der Waals surface area contributed by atoms with E-state index in [0.717, 1.165) is 0 Å². The van der Waals surface area contributed by atoms with E-state index in [1.54, 1.807) is 0 Å². The van der Waals surface area contributed by atoms with Crippen LogP contribution in [0.3, 0.4) is 0 Å². The molecule has 0 unspecified atom stereocenters. The topological polar surface area (TPSA) is 190 Å². The maximum absolute atomic E-state index is 8.52. The van der Waals surface area contributed by atoms with Gasteiger partial charge in [0.25, 0.3) is 0 Å². The van der Waals surface area contributed by atoms with Gasteiger partial charge in [0.2, 0.25) is 0 Å². The van der Waals surface area contributed by atoms with E-state index < -0.39 is 27.5 Å². The van der Waals surface area contributed by atoms with Crippen molar-refractivity contribution in [3.8, 4) is 0 Å². The van der Waals surface area contributed by atoms with E-state index in [-0.39, 0.29) is 46.7 Å². The fourth-order valence-corrected chi connectivity index (χ4v) is 0. The maximum atomic E-state index is 8.52. The van der Waals surface area contributed by atoms with Crippen LogP contribution in [0.15, 0.2) is 0 Å². The molecule has 0 fully saturated rings. The molecule has 15 heteroatoms. The van der Waals surface area contributed by atoms with E-state index in [4.69, 9.17) is 42.2 Å². The van der Waals surface area contributed by atoms with Crippen LogP contribution in [0.2, 0.25) is 0 Å². The molecule has 0 saturated carbocycles. The monoisotopic (exact) mass is 356 g/mol. The fraction of sp³-hybridized carbons (Fsp3) is 0. The number of hydrogen-bond acceptors (Lipinski definition) is 9. The summed E-state index contributed by atoms with van der Waals surface area (Å²) >= 11 is 0. The molecular formula is BeMnO9Si3Zn. The van der Waals surface area contributed by atoms with Crippen molar-refractivity contribution in [2.24, 2.45) is 0 Å². The molecule has 0 spiro atoms. The summed E-state index contributed by atoms with van der Waals surface area (Å²) in [4.78, 5) is 51.1. The molecule has 0 heterocycles. The van der Waals surface area contributed by atoms with E-state index in [1.807, 2.05) is 0 Å². The zero-order valence-corrected chi connectivity index (χ0v) is 14.1. The molecule has 9 nitrogen and oxygen atoms in total. The van der Waals surface area contributed by atoms with Gasteiger partial charge in [0, 0.05) is 27.5 Å². The van der Waals surface area contributed by atoms with Crippen molar-refractivity contribution in [2.75, 3.05) is 0 Å². The minimum absolute atomic E-state index is 0. The van der Waals surface area contributed by atoms with Gasteiger partial charge >= 0.3 is 46.7 Å². The Morgan fingerprint density at radius 3 is 0.600 bits per heavy atom. The zero-order valence-electron chi connectivity index (χ0n) is 6.97. The van der Waals surface area contributed by atoms with Crippen LogP contribution < -0.4 is 28.8 Å². The van der Waals surface area contributed by atoms with Gasteiger partial charge in [-0.25, -0.2) is 0 Å². The van der Waals surface area contributed by atoms with Crippen LogP contribution in [0.4, 0.5) is 0 Å². The van der Waals surface area contributed by atoms with E-state index in [9.17, 15) is 0 Å². The van der Waals surface area contributed by atoms with Gasteiger partial charge in [0.1, 0.15) is 0 Å². The van der Waals surface area contributed by atoms with Crippen LogP contribution >= 0.6 is 0 Å². The number of hydrogen-bond donors (Lipinski definition) is 0. The van der Waals surface area contributed by atoms with Crippen molar-refractivity contribution in [1.29, 1.82) is 0 Å². The molecule has 0 atom stereocenters. The molecule has 0 aromatic heterocycles. The fourth-order valence-electron chi connectivity index (χ4n) is 0. The van der Waals surface area contributed by atoms with Crippen molar-refractivity contribution >= 4 is 37.6 Å². The summed E-state index contributed by atoms with van der Waals surface area (Å²) in [6, 6.07) is 0. The minimum atomic E-state index is -3.63. The predicted molar refractivity (Wildman–Crippen MR) is 25.1 cm³/mol. The molecule has 0 aromatic rings. The molecule has 0 aliphatic rings.